The van der Waals surface area contributed by atoms with Gasteiger partial charge in [-0.1, -0.05) is 6.42 Å². The van der Waals surface area contributed by atoms with Gasteiger partial charge in [-0.3, -0.25) is 14.5 Å². The van der Waals surface area contributed by atoms with Gasteiger partial charge in [0.2, 0.25) is 5.91 Å². The molecule has 0 bridgehead atoms. The molecule has 2 aliphatic rings. The first-order valence-electron chi connectivity index (χ1n) is 9.81. The van der Waals surface area contributed by atoms with Gasteiger partial charge in [-0.2, -0.15) is 5.10 Å². The van der Waals surface area contributed by atoms with E-state index >= 15 is 0 Å². The average molecular weight is 513 g/mol. The van der Waals surface area contributed by atoms with Crippen LogP contribution in [0.15, 0.2) is 17.4 Å². The smallest absolute Gasteiger partial charge is 0.246 e. The Bertz CT molecular complexity index is 875. The number of aromatic nitrogens is 5. The first-order valence-corrected chi connectivity index (χ1v) is 9.81. The molecular weight excluding hydrogens is 485 g/mol. The molecule has 4 rings (SSSR count). The van der Waals surface area contributed by atoms with Gasteiger partial charge in [-0.15, -0.1) is 34.2 Å². The predicted molar refractivity (Wildman–Crippen MR) is 120 cm³/mol. The number of aliphatic imine (C=N–C) groups is 1. The van der Waals surface area contributed by atoms with Gasteiger partial charge in [0.05, 0.1) is 18.4 Å². The van der Waals surface area contributed by atoms with Crippen molar-refractivity contribution in [2.75, 3.05) is 31.6 Å². The Balaban J connectivity index is 0.00000240. The van der Waals surface area contributed by atoms with Gasteiger partial charge in [-0.05, 0) is 12.8 Å². The molecule has 29 heavy (non-hydrogen) atoms. The predicted octanol–water partition coefficient (Wildman–Crippen LogP) is 0.780. The number of aryl methyl sites for hydroxylation is 2. The van der Waals surface area contributed by atoms with Gasteiger partial charge in [0, 0.05) is 46.3 Å². The Morgan fingerprint density at radius 1 is 1.21 bits per heavy atom. The quantitative estimate of drug-likeness (QED) is 0.371. The van der Waals surface area contributed by atoms with Crippen LogP contribution in [0.2, 0.25) is 0 Å². The van der Waals surface area contributed by atoms with E-state index in [2.05, 4.69) is 30.2 Å². The Labute approximate surface area is 187 Å². The lowest BCUT2D eigenvalue weighted by Crippen LogP contribution is -2.55. The molecule has 1 fully saturated rings. The van der Waals surface area contributed by atoms with Gasteiger partial charge >= 0.3 is 0 Å². The molecule has 1 N–H and O–H groups in total. The average Bonchev–Trinajstić information content (AvgIpc) is 3.21. The summed E-state index contributed by atoms with van der Waals surface area (Å²) in [7, 11) is 3.59. The molecule has 1 amide bonds. The normalized spacial score (nSPS) is 17.6. The molecule has 0 aliphatic carbocycles. The van der Waals surface area contributed by atoms with Crippen molar-refractivity contribution in [3.8, 4) is 0 Å². The Kier molecular flexibility index (Phi) is 7.09. The Hall–Kier alpha value is -2.18. The van der Waals surface area contributed by atoms with Crippen LogP contribution in [0.4, 0.5) is 5.69 Å². The fourth-order valence-electron chi connectivity index (χ4n) is 3.84. The number of anilines is 1. The van der Waals surface area contributed by atoms with E-state index in [0.29, 0.717) is 25.6 Å². The van der Waals surface area contributed by atoms with Crippen LogP contribution < -0.4 is 10.2 Å². The van der Waals surface area contributed by atoms with Crippen molar-refractivity contribution < 1.29 is 4.79 Å². The molecule has 0 spiro atoms. The molecule has 0 unspecified atom stereocenters. The first kappa shape index (κ1) is 21.5. The first-order chi connectivity index (χ1) is 13.7. The lowest BCUT2D eigenvalue weighted by atomic mass is 10.2. The minimum absolute atomic E-state index is 0. The van der Waals surface area contributed by atoms with Crippen LogP contribution in [0.1, 0.15) is 30.9 Å². The maximum Gasteiger partial charge on any atom is 0.246 e. The summed E-state index contributed by atoms with van der Waals surface area (Å²) in [6.45, 7) is 3.12. The second-order valence-electron chi connectivity index (χ2n) is 7.23. The number of nitrogens with one attached hydrogen (secondary N) is 1. The number of hydrogen-bond acceptors (Lipinski definition) is 5. The number of piperazine rings is 1. The van der Waals surface area contributed by atoms with Crippen LogP contribution in [0.5, 0.6) is 0 Å². The van der Waals surface area contributed by atoms with Crippen molar-refractivity contribution in [3.05, 3.63) is 24.0 Å². The monoisotopic (exact) mass is 513 g/mol. The number of nitrogens with zero attached hydrogens (tertiary/aromatic N) is 8. The molecular formula is C18H28IN9O. The Morgan fingerprint density at radius 2 is 2.07 bits per heavy atom. The van der Waals surface area contributed by atoms with Crippen LogP contribution >= 0.6 is 24.0 Å². The number of hydrogen-bond donors (Lipinski definition) is 1. The molecule has 11 heteroatoms. The largest absolute Gasteiger partial charge is 0.349 e. The third-order valence-electron chi connectivity index (χ3n) is 5.33. The molecule has 0 radical (unpaired) electrons. The molecule has 2 aromatic rings. The van der Waals surface area contributed by atoms with Crippen LogP contribution in [-0.4, -0.2) is 68.0 Å². The van der Waals surface area contributed by atoms with Crippen molar-refractivity contribution in [3.63, 3.8) is 0 Å². The highest BCUT2D eigenvalue weighted by molar-refractivity contribution is 14.0. The minimum atomic E-state index is 0. The number of carbonyl (C=O) groups is 1. The van der Waals surface area contributed by atoms with Gasteiger partial charge in [0.15, 0.2) is 11.8 Å². The highest BCUT2D eigenvalue weighted by atomic mass is 127. The standard InChI is InChI=1S/C18H27N9O.HI/c1-19-18(20-11-16-23-22-15-6-4-3-5-7-27(15)16)25-8-9-26(17(28)13-25)14-10-21-24(2)12-14;/h10,12H,3-9,11,13H2,1-2H3,(H,19,20);1H. The molecule has 1 saturated heterocycles. The fraction of sp³-hybridized carbons (Fsp3) is 0.611. The van der Waals surface area contributed by atoms with Gasteiger partial charge < -0.3 is 19.7 Å². The summed E-state index contributed by atoms with van der Waals surface area (Å²) in [5.41, 5.74) is 0.834. The maximum absolute atomic E-state index is 12.6. The second kappa shape index (κ2) is 9.55. The van der Waals surface area contributed by atoms with Crippen molar-refractivity contribution in [1.29, 1.82) is 0 Å². The number of amides is 1. The molecule has 2 aliphatic heterocycles. The summed E-state index contributed by atoms with van der Waals surface area (Å²) in [6.07, 6.45) is 8.15. The summed E-state index contributed by atoms with van der Waals surface area (Å²) >= 11 is 0. The van der Waals surface area contributed by atoms with E-state index in [9.17, 15) is 4.79 Å². The maximum atomic E-state index is 12.6. The summed E-state index contributed by atoms with van der Waals surface area (Å²) < 4.78 is 3.93. The van der Waals surface area contributed by atoms with Crippen molar-refractivity contribution in [2.45, 2.75) is 38.8 Å². The van der Waals surface area contributed by atoms with Crippen LogP contribution in [-0.2, 0) is 31.4 Å². The van der Waals surface area contributed by atoms with E-state index < -0.39 is 0 Å². The van der Waals surface area contributed by atoms with Gasteiger partial charge in [0.1, 0.15) is 12.4 Å². The lowest BCUT2D eigenvalue weighted by Gasteiger charge is -2.35. The summed E-state index contributed by atoms with van der Waals surface area (Å²) in [6, 6.07) is 0. The third kappa shape index (κ3) is 4.70. The second-order valence-corrected chi connectivity index (χ2v) is 7.23. The van der Waals surface area contributed by atoms with E-state index in [4.69, 9.17) is 0 Å². The number of carbonyl (C=O) groups excluding carboxylic acids is 1. The zero-order chi connectivity index (χ0) is 19.5. The molecule has 0 atom stereocenters. The number of halogens is 1. The van der Waals surface area contributed by atoms with Crippen LogP contribution in [0.3, 0.4) is 0 Å². The molecule has 10 nitrogen and oxygen atoms in total. The molecule has 0 aromatic carbocycles. The summed E-state index contributed by atoms with van der Waals surface area (Å²) in [5.74, 6) is 2.76. The van der Waals surface area contributed by atoms with E-state index in [-0.39, 0.29) is 36.4 Å². The topological polar surface area (TPSA) is 96.5 Å². The third-order valence-corrected chi connectivity index (χ3v) is 5.33. The lowest BCUT2D eigenvalue weighted by molar-refractivity contribution is -0.120. The SMILES string of the molecule is CN=C(NCc1nnc2n1CCCCC2)N1CCN(c2cnn(C)c2)C(=O)C1.I. The van der Waals surface area contributed by atoms with Crippen LogP contribution in [0, 0.1) is 0 Å². The Morgan fingerprint density at radius 3 is 2.79 bits per heavy atom. The fourth-order valence-corrected chi connectivity index (χ4v) is 3.84. The number of fused-ring (bicyclic) bond motifs is 1. The summed E-state index contributed by atoms with van der Waals surface area (Å²) in [4.78, 5) is 20.8. The highest BCUT2D eigenvalue weighted by Crippen LogP contribution is 2.17. The van der Waals surface area contributed by atoms with E-state index in [1.165, 1.54) is 12.8 Å². The van der Waals surface area contributed by atoms with E-state index in [0.717, 1.165) is 36.7 Å². The van der Waals surface area contributed by atoms with Crippen molar-refractivity contribution >= 4 is 41.5 Å². The minimum Gasteiger partial charge on any atom is -0.349 e. The van der Waals surface area contributed by atoms with E-state index in [1.807, 2.05) is 18.1 Å². The van der Waals surface area contributed by atoms with E-state index in [1.54, 1.807) is 22.8 Å². The molecule has 0 saturated carbocycles. The highest BCUT2D eigenvalue weighted by Gasteiger charge is 2.28. The van der Waals surface area contributed by atoms with Crippen molar-refractivity contribution in [1.82, 2.24) is 34.8 Å². The van der Waals surface area contributed by atoms with Crippen LogP contribution in [0.25, 0.3) is 0 Å². The number of guanidine groups is 1. The van der Waals surface area contributed by atoms with Gasteiger partial charge in [0.25, 0.3) is 0 Å². The van der Waals surface area contributed by atoms with Crippen molar-refractivity contribution in [2.24, 2.45) is 12.0 Å². The zero-order valence-corrected chi connectivity index (χ0v) is 19.2. The molecule has 2 aromatic heterocycles. The zero-order valence-electron chi connectivity index (χ0n) is 16.9. The number of rotatable bonds is 3. The summed E-state index contributed by atoms with van der Waals surface area (Å²) in [5, 5.41) is 16.2. The van der Waals surface area contributed by atoms with Gasteiger partial charge in [-0.25, -0.2) is 0 Å². The molecule has 158 valence electrons. The molecule has 4 heterocycles.